The Kier molecular flexibility index (Phi) is 6.09. The van der Waals surface area contributed by atoms with Crippen LogP contribution in [0.1, 0.15) is 57.7 Å². The molecular formula is C18H28N2O. The van der Waals surface area contributed by atoms with Crippen LogP contribution in [0, 0.1) is 6.92 Å². The highest BCUT2D eigenvalue weighted by Crippen LogP contribution is 2.22. The first-order valence-corrected chi connectivity index (χ1v) is 8.27. The van der Waals surface area contributed by atoms with Gasteiger partial charge in [0.05, 0.1) is 18.1 Å². The largest absolute Gasteiger partial charge is 0.497 e. The number of benzene rings is 1. The summed E-state index contributed by atoms with van der Waals surface area (Å²) in [4.78, 5) is 4.64. The van der Waals surface area contributed by atoms with Crippen molar-refractivity contribution in [1.29, 1.82) is 0 Å². The normalized spacial score (nSPS) is 11.2. The topological polar surface area (TPSA) is 27.1 Å². The number of hydrogen-bond donors (Lipinski definition) is 0. The molecule has 0 radical (unpaired) electrons. The molecule has 2 aromatic rings. The number of imidazole rings is 1. The molecule has 3 heteroatoms. The van der Waals surface area contributed by atoms with Crippen molar-refractivity contribution < 1.29 is 4.74 Å². The molecule has 2 rings (SSSR count). The van der Waals surface area contributed by atoms with Gasteiger partial charge in [-0.15, -0.1) is 0 Å². The van der Waals surface area contributed by atoms with E-state index in [1.165, 1.54) is 50.5 Å². The molecule has 3 nitrogen and oxygen atoms in total. The molecule has 1 heterocycles. The molecule has 0 atom stereocenters. The summed E-state index contributed by atoms with van der Waals surface area (Å²) in [7, 11) is 1.70. The second kappa shape index (κ2) is 8.06. The molecule has 0 aliphatic carbocycles. The SMILES string of the molecule is CCCCCCCCCn1c(C)nc2cc(OC)ccc21. The predicted molar refractivity (Wildman–Crippen MR) is 89.0 cm³/mol. The molecule has 1 aromatic carbocycles. The number of hydrogen-bond acceptors (Lipinski definition) is 2. The molecule has 0 saturated carbocycles. The molecule has 0 amide bonds. The summed E-state index contributed by atoms with van der Waals surface area (Å²) < 4.78 is 7.60. The summed E-state index contributed by atoms with van der Waals surface area (Å²) in [6, 6.07) is 6.16. The zero-order chi connectivity index (χ0) is 15.1. The quantitative estimate of drug-likeness (QED) is 0.600. The lowest BCUT2D eigenvalue weighted by Crippen LogP contribution is -2.00. The zero-order valence-electron chi connectivity index (χ0n) is 13.7. The average molecular weight is 288 g/mol. The summed E-state index contributed by atoms with van der Waals surface area (Å²) in [5.41, 5.74) is 2.26. The van der Waals surface area contributed by atoms with Gasteiger partial charge in [0.1, 0.15) is 11.6 Å². The first-order valence-electron chi connectivity index (χ1n) is 8.27. The number of unbranched alkanes of at least 4 members (excludes halogenated alkanes) is 6. The summed E-state index contributed by atoms with van der Waals surface area (Å²) in [5.74, 6) is 1.98. The number of aryl methyl sites for hydroxylation is 2. The van der Waals surface area contributed by atoms with E-state index >= 15 is 0 Å². The second-order valence-corrected chi connectivity index (χ2v) is 5.79. The molecule has 0 aliphatic rings. The van der Waals surface area contributed by atoms with Crippen LogP contribution in [-0.2, 0) is 6.54 Å². The molecule has 0 aliphatic heterocycles. The molecule has 0 spiro atoms. The van der Waals surface area contributed by atoms with Gasteiger partial charge in [0.2, 0.25) is 0 Å². The van der Waals surface area contributed by atoms with Crippen molar-refractivity contribution in [2.45, 2.75) is 65.3 Å². The lowest BCUT2D eigenvalue weighted by atomic mass is 10.1. The van der Waals surface area contributed by atoms with Crippen LogP contribution in [0.3, 0.4) is 0 Å². The highest BCUT2D eigenvalue weighted by molar-refractivity contribution is 5.77. The van der Waals surface area contributed by atoms with Crippen molar-refractivity contribution in [2.75, 3.05) is 7.11 Å². The molecule has 0 N–H and O–H groups in total. The molecule has 0 saturated heterocycles. The standard InChI is InChI=1S/C18H28N2O/c1-4-5-6-7-8-9-10-13-20-15(2)19-17-14-16(21-3)11-12-18(17)20/h11-12,14H,4-10,13H2,1-3H3. The van der Waals surface area contributed by atoms with Gasteiger partial charge >= 0.3 is 0 Å². The first kappa shape index (κ1) is 15.9. The van der Waals surface area contributed by atoms with E-state index in [1.54, 1.807) is 7.11 Å². The molecule has 116 valence electrons. The van der Waals surface area contributed by atoms with E-state index in [0.29, 0.717) is 0 Å². The van der Waals surface area contributed by atoms with Crippen LogP contribution < -0.4 is 4.74 Å². The van der Waals surface area contributed by atoms with Gasteiger partial charge < -0.3 is 9.30 Å². The maximum Gasteiger partial charge on any atom is 0.121 e. The highest BCUT2D eigenvalue weighted by Gasteiger charge is 2.07. The minimum atomic E-state index is 0.878. The maximum absolute atomic E-state index is 5.27. The number of nitrogens with zero attached hydrogens (tertiary/aromatic N) is 2. The summed E-state index contributed by atoms with van der Waals surface area (Å²) in [6.45, 7) is 5.43. The smallest absolute Gasteiger partial charge is 0.121 e. The van der Waals surface area contributed by atoms with E-state index in [9.17, 15) is 0 Å². The van der Waals surface area contributed by atoms with Gasteiger partial charge in [-0.1, -0.05) is 45.4 Å². The fraction of sp³-hybridized carbons (Fsp3) is 0.611. The number of methoxy groups -OCH3 is 1. The molecule has 0 fully saturated rings. The molecule has 21 heavy (non-hydrogen) atoms. The Morgan fingerprint density at radius 1 is 1.05 bits per heavy atom. The number of fused-ring (bicyclic) bond motifs is 1. The third-order valence-electron chi connectivity index (χ3n) is 4.13. The van der Waals surface area contributed by atoms with Crippen molar-refractivity contribution in [3.05, 3.63) is 24.0 Å². The summed E-state index contributed by atoms with van der Waals surface area (Å²) >= 11 is 0. The molecule has 0 unspecified atom stereocenters. The van der Waals surface area contributed by atoms with Crippen molar-refractivity contribution in [3.8, 4) is 5.75 Å². The van der Waals surface area contributed by atoms with Crippen LogP contribution in [-0.4, -0.2) is 16.7 Å². The van der Waals surface area contributed by atoms with Gasteiger partial charge in [-0.3, -0.25) is 0 Å². The van der Waals surface area contributed by atoms with Crippen LogP contribution >= 0.6 is 0 Å². The van der Waals surface area contributed by atoms with Crippen LogP contribution in [0.4, 0.5) is 0 Å². The third-order valence-corrected chi connectivity index (χ3v) is 4.13. The second-order valence-electron chi connectivity index (χ2n) is 5.79. The number of aromatic nitrogens is 2. The van der Waals surface area contributed by atoms with E-state index in [2.05, 4.69) is 29.5 Å². The Hall–Kier alpha value is -1.51. The van der Waals surface area contributed by atoms with Gasteiger partial charge in [0.25, 0.3) is 0 Å². The van der Waals surface area contributed by atoms with Crippen LogP contribution in [0.25, 0.3) is 11.0 Å². The Balaban J connectivity index is 1.88. The predicted octanol–water partition coefficient (Wildman–Crippen LogP) is 5.10. The van der Waals surface area contributed by atoms with Crippen molar-refractivity contribution in [2.24, 2.45) is 0 Å². The van der Waals surface area contributed by atoms with Crippen molar-refractivity contribution >= 4 is 11.0 Å². The van der Waals surface area contributed by atoms with Crippen molar-refractivity contribution in [1.82, 2.24) is 9.55 Å². The van der Waals surface area contributed by atoms with Gasteiger partial charge in [-0.2, -0.15) is 0 Å². The molecule has 1 aromatic heterocycles. The Morgan fingerprint density at radius 2 is 1.76 bits per heavy atom. The van der Waals surface area contributed by atoms with Gasteiger partial charge in [0.15, 0.2) is 0 Å². The van der Waals surface area contributed by atoms with E-state index < -0.39 is 0 Å². The van der Waals surface area contributed by atoms with E-state index in [0.717, 1.165) is 23.6 Å². The average Bonchev–Trinajstić information content (AvgIpc) is 2.81. The first-order chi connectivity index (χ1) is 10.3. The van der Waals surface area contributed by atoms with Crippen molar-refractivity contribution in [3.63, 3.8) is 0 Å². The fourth-order valence-electron chi connectivity index (χ4n) is 2.87. The third kappa shape index (κ3) is 4.23. The lowest BCUT2D eigenvalue weighted by molar-refractivity contribution is 0.415. The van der Waals surface area contributed by atoms with E-state index in [-0.39, 0.29) is 0 Å². The minimum Gasteiger partial charge on any atom is -0.497 e. The monoisotopic (exact) mass is 288 g/mol. The fourth-order valence-corrected chi connectivity index (χ4v) is 2.87. The highest BCUT2D eigenvalue weighted by atomic mass is 16.5. The van der Waals surface area contributed by atoms with Crippen LogP contribution in [0.2, 0.25) is 0 Å². The summed E-state index contributed by atoms with van der Waals surface area (Å²) in [5, 5.41) is 0. The lowest BCUT2D eigenvalue weighted by Gasteiger charge is -2.07. The molecule has 0 bridgehead atoms. The number of ether oxygens (including phenoxy) is 1. The maximum atomic E-state index is 5.27. The van der Waals surface area contributed by atoms with Gasteiger partial charge in [0, 0.05) is 12.6 Å². The Bertz CT molecular complexity index is 560. The minimum absolute atomic E-state index is 0.878. The Morgan fingerprint density at radius 3 is 2.48 bits per heavy atom. The van der Waals surface area contributed by atoms with Crippen LogP contribution in [0.5, 0.6) is 5.75 Å². The van der Waals surface area contributed by atoms with Gasteiger partial charge in [-0.05, 0) is 25.5 Å². The van der Waals surface area contributed by atoms with E-state index in [1.807, 2.05) is 12.1 Å². The summed E-state index contributed by atoms with van der Waals surface area (Å²) in [6.07, 6.45) is 9.40. The zero-order valence-corrected chi connectivity index (χ0v) is 13.7. The van der Waals surface area contributed by atoms with Crippen LogP contribution in [0.15, 0.2) is 18.2 Å². The van der Waals surface area contributed by atoms with E-state index in [4.69, 9.17) is 4.74 Å². The Labute approximate surface area is 128 Å². The number of rotatable bonds is 9. The molecular weight excluding hydrogens is 260 g/mol. The van der Waals surface area contributed by atoms with Gasteiger partial charge in [-0.25, -0.2) is 4.98 Å².